The second-order valence-electron chi connectivity index (χ2n) is 7.03. The van der Waals surface area contributed by atoms with Crippen LogP contribution < -0.4 is 4.74 Å². The quantitative estimate of drug-likeness (QED) is 0.676. The summed E-state index contributed by atoms with van der Waals surface area (Å²) < 4.78 is 36.0. The number of hydrogen-bond donors (Lipinski definition) is 0. The third-order valence-corrected chi connectivity index (χ3v) is 5.23. The third-order valence-electron chi connectivity index (χ3n) is 5.23. The molecule has 8 nitrogen and oxygen atoms in total. The van der Waals surface area contributed by atoms with E-state index in [1.807, 2.05) is 6.07 Å². The van der Waals surface area contributed by atoms with Crippen molar-refractivity contribution in [3.05, 3.63) is 41.5 Å². The molecule has 1 aliphatic heterocycles. The Morgan fingerprint density at radius 2 is 1.93 bits per heavy atom. The summed E-state index contributed by atoms with van der Waals surface area (Å²) in [4.78, 5) is 4.01. The van der Waals surface area contributed by atoms with Gasteiger partial charge < -0.3 is 4.74 Å². The van der Waals surface area contributed by atoms with Crippen molar-refractivity contribution in [1.29, 1.82) is 0 Å². The lowest BCUT2D eigenvalue weighted by Gasteiger charge is -2.29. The van der Waals surface area contributed by atoms with E-state index in [4.69, 9.17) is 4.74 Å². The molecule has 0 spiro atoms. The highest BCUT2D eigenvalue weighted by molar-refractivity contribution is 5.76. The van der Waals surface area contributed by atoms with Crippen LogP contribution in [0.25, 0.3) is 17.0 Å². The molecule has 1 atom stereocenters. The van der Waals surface area contributed by atoms with E-state index in [1.54, 1.807) is 18.3 Å². The van der Waals surface area contributed by atoms with Crippen molar-refractivity contribution in [1.82, 2.24) is 24.8 Å². The number of benzene rings is 1. The van der Waals surface area contributed by atoms with Gasteiger partial charge in [0.1, 0.15) is 18.0 Å². The predicted molar refractivity (Wildman–Crippen MR) is 102 cm³/mol. The van der Waals surface area contributed by atoms with Crippen LogP contribution in [0.4, 0.5) is 8.78 Å². The van der Waals surface area contributed by atoms with Gasteiger partial charge >= 0.3 is 0 Å². The Hall–Kier alpha value is -3.43. The zero-order valence-corrected chi connectivity index (χ0v) is 15.5. The maximum Gasteiger partial charge on any atom is 0.237 e. The molecule has 2 aliphatic rings. The zero-order valence-electron chi connectivity index (χ0n) is 15.5. The van der Waals surface area contributed by atoms with Crippen molar-refractivity contribution in [2.45, 2.75) is 31.4 Å². The number of aliphatic imine (C=N–C) groups is 1. The summed E-state index contributed by atoms with van der Waals surface area (Å²) >= 11 is 0. The number of nitrogens with zero attached hydrogens (tertiary/aromatic N) is 7. The van der Waals surface area contributed by atoms with Gasteiger partial charge in [-0.3, -0.25) is 5.01 Å². The Balaban J connectivity index is 1.64. The van der Waals surface area contributed by atoms with E-state index in [0.717, 1.165) is 24.8 Å². The van der Waals surface area contributed by atoms with E-state index in [2.05, 4.69) is 25.4 Å². The van der Waals surface area contributed by atoms with Crippen molar-refractivity contribution in [3.63, 3.8) is 0 Å². The van der Waals surface area contributed by atoms with Crippen molar-refractivity contribution in [2.24, 2.45) is 10.1 Å². The summed E-state index contributed by atoms with van der Waals surface area (Å²) in [7, 11) is 1.76. The van der Waals surface area contributed by atoms with E-state index in [-0.39, 0.29) is 11.4 Å². The molecule has 1 fully saturated rings. The van der Waals surface area contributed by atoms with Gasteiger partial charge in [0, 0.05) is 12.6 Å². The Morgan fingerprint density at radius 1 is 1.14 bits per heavy atom. The van der Waals surface area contributed by atoms with Crippen molar-refractivity contribution < 1.29 is 13.5 Å². The monoisotopic (exact) mass is 397 g/mol. The van der Waals surface area contributed by atoms with Gasteiger partial charge in [-0.2, -0.15) is 9.62 Å². The highest BCUT2D eigenvalue weighted by atomic mass is 19.1. The minimum atomic E-state index is -0.736. The van der Waals surface area contributed by atoms with Gasteiger partial charge in [0.25, 0.3) is 0 Å². The largest absolute Gasteiger partial charge is 0.445 e. The predicted octanol–water partition coefficient (Wildman–Crippen LogP) is 3.00. The lowest BCUT2D eigenvalue weighted by molar-refractivity contribution is 0.0983. The Morgan fingerprint density at radius 3 is 2.62 bits per heavy atom. The van der Waals surface area contributed by atoms with Crippen LogP contribution in [0.3, 0.4) is 0 Å². The molecule has 1 saturated carbocycles. The van der Waals surface area contributed by atoms with Gasteiger partial charge in [0.2, 0.25) is 12.1 Å². The fourth-order valence-electron chi connectivity index (χ4n) is 3.41. The first-order valence-electron chi connectivity index (χ1n) is 9.28. The minimum absolute atomic E-state index is 0.0238. The van der Waals surface area contributed by atoms with Crippen molar-refractivity contribution >= 4 is 18.2 Å². The number of fused-ring (bicyclic) bond motifs is 1. The summed E-state index contributed by atoms with van der Waals surface area (Å²) in [6, 6.07) is 5.47. The molecule has 0 N–H and O–H groups in total. The van der Waals surface area contributed by atoms with E-state index in [9.17, 15) is 8.78 Å². The third kappa shape index (κ3) is 3.00. The molecule has 2 aromatic heterocycles. The van der Waals surface area contributed by atoms with Crippen LogP contribution in [0.2, 0.25) is 0 Å². The topological polar surface area (TPSA) is 80.3 Å². The van der Waals surface area contributed by atoms with Gasteiger partial charge in [0.15, 0.2) is 11.5 Å². The Bertz CT molecular complexity index is 1120. The molecule has 5 rings (SSSR count). The Kier molecular flexibility index (Phi) is 4.18. The highest BCUT2D eigenvalue weighted by Gasteiger charge is 2.28. The summed E-state index contributed by atoms with van der Waals surface area (Å²) in [5, 5.41) is 18.3. The molecule has 0 radical (unpaired) electrons. The number of ether oxygens (including phenoxy) is 1. The molecule has 10 heteroatoms. The van der Waals surface area contributed by atoms with Crippen LogP contribution in [0.15, 0.2) is 34.4 Å². The molecule has 1 aliphatic carbocycles. The average Bonchev–Trinajstić information content (AvgIpc) is 3.05. The fraction of sp³-hybridized carbons (Fsp3) is 0.316. The number of hydrogen-bond acceptors (Lipinski definition) is 7. The van der Waals surface area contributed by atoms with Crippen LogP contribution in [0.1, 0.15) is 30.7 Å². The van der Waals surface area contributed by atoms with E-state index in [1.165, 1.54) is 29.1 Å². The summed E-state index contributed by atoms with van der Waals surface area (Å²) in [6.45, 7) is 0. The number of aromatic nitrogens is 4. The molecule has 0 bridgehead atoms. The fourth-order valence-corrected chi connectivity index (χ4v) is 3.41. The van der Waals surface area contributed by atoms with E-state index < -0.39 is 17.9 Å². The zero-order chi connectivity index (χ0) is 20.0. The molecule has 1 aromatic carbocycles. The first-order chi connectivity index (χ1) is 14.1. The first-order valence-corrected chi connectivity index (χ1v) is 9.28. The number of hydrazone groups is 1. The number of rotatable bonds is 4. The molecule has 29 heavy (non-hydrogen) atoms. The maximum atomic E-state index is 14.3. The summed E-state index contributed by atoms with van der Waals surface area (Å²) in [6.07, 6.45) is 5.64. The smallest absolute Gasteiger partial charge is 0.237 e. The summed E-state index contributed by atoms with van der Waals surface area (Å²) in [5.74, 6) is -0.855. The van der Waals surface area contributed by atoms with Crippen LogP contribution in [0.5, 0.6) is 5.88 Å². The minimum Gasteiger partial charge on any atom is -0.445 e. The summed E-state index contributed by atoms with van der Waals surface area (Å²) in [5.41, 5.74) is 1.02. The van der Waals surface area contributed by atoms with Gasteiger partial charge in [-0.25, -0.2) is 13.8 Å². The average molecular weight is 397 g/mol. The molecular weight excluding hydrogens is 380 g/mol. The van der Waals surface area contributed by atoms with Crippen LogP contribution in [-0.2, 0) is 0 Å². The van der Waals surface area contributed by atoms with Gasteiger partial charge in [-0.15, -0.1) is 15.3 Å². The lowest BCUT2D eigenvalue weighted by atomic mass is 9.80. The molecule has 148 valence electrons. The normalized spacial score (nSPS) is 19.0. The first kappa shape index (κ1) is 17.7. The van der Waals surface area contributed by atoms with Crippen molar-refractivity contribution in [2.75, 3.05) is 7.05 Å². The molecule has 0 amide bonds. The van der Waals surface area contributed by atoms with Gasteiger partial charge in [-0.05, 0) is 37.0 Å². The molecule has 0 saturated heterocycles. The van der Waals surface area contributed by atoms with Crippen LogP contribution >= 0.6 is 0 Å². The second-order valence-corrected chi connectivity index (χ2v) is 7.03. The van der Waals surface area contributed by atoms with Gasteiger partial charge in [0.05, 0.1) is 11.8 Å². The van der Waals surface area contributed by atoms with Crippen LogP contribution in [-0.4, -0.2) is 50.6 Å². The van der Waals surface area contributed by atoms with E-state index in [0.29, 0.717) is 17.4 Å². The van der Waals surface area contributed by atoms with Gasteiger partial charge in [-0.1, -0.05) is 12.5 Å². The molecule has 3 aromatic rings. The SMILES string of the molecule is CN1N=CN=CC1Oc1nn2c(-c3c(F)cccc3F)nnc2cc1C1CCC1. The highest BCUT2D eigenvalue weighted by Crippen LogP contribution is 2.41. The van der Waals surface area contributed by atoms with E-state index >= 15 is 0 Å². The standard InChI is InChI=1S/C19H17F2N7O/c1-27-16(9-22-10-23-27)29-19-12(11-4-2-5-11)8-15-24-25-18(28(15)26-19)17-13(20)6-3-7-14(17)21/h3,6-11,16H,2,4-5H2,1H3. The van der Waals surface area contributed by atoms with Crippen LogP contribution in [0, 0.1) is 11.6 Å². The van der Waals surface area contributed by atoms with Crippen molar-refractivity contribution in [3.8, 4) is 17.3 Å². The molecule has 1 unspecified atom stereocenters. The maximum absolute atomic E-state index is 14.3. The lowest BCUT2D eigenvalue weighted by Crippen LogP contribution is -2.37. The number of halogens is 2. The molecular formula is C19H17F2N7O. The Labute approximate surface area is 164 Å². The molecule has 3 heterocycles. The second kappa shape index (κ2) is 6.87.